The number of rotatable bonds is 6. The lowest BCUT2D eigenvalue weighted by atomic mass is 10.3. The number of carbonyl (C=O) groups excluding carboxylic acids is 1. The van der Waals surface area contributed by atoms with Crippen LogP contribution in [-0.2, 0) is 11.3 Å². The normalized spacial score (nSPS) is 16.0. The van der Waals surface area contributed by atoms with Gasteiger partial charge < -0.3 is 14.0 Å². The maximum absolute atomic E-state index is 12.0. The summed E-state index contributed by atoms with van der Waals surface area (Å²) in [5, 5.41) is 0. The molecule has 1 aromatic heterocycles. The van der Waals surface area contributed by atoms with Gasteiger partial charge in [0, 0.05) is 38.8 Å². The molecule has 0 unspecified atom stereocenters. The number of hydrogen-bond donors (Lipinski definition) is 0. The minimum absolute atomic E-state index is 0.0869. The topological polar surface area (TPSA) is 56.1 Å². The fraction of sp³-hybridized carbons (Fsp3) is 0.474. The van der Waals surface area contributed by atoms with Gasteiger partial charge in [0.15, 0.2) is 10.6 Å². The SMILES string of the molecule is COc1ccc(N=c2sc(C(C)=O)c(C)n2CCN2CCOCC2)cc1. The van der Waals surface area contributed by atoms with Crippen molar-refractivity contribution < 1.29 is 14.3 Å². The Morgan fingerprint density at radius 3 is 2.54 bits per heavy atom. The minimum Gasteiger partial charge on any atom is -0.497 e. The maximum Gasteiger partial charge on any atom is 0.190 e. The van der Waals surface area contributed by atoms with Gasteiger partial charge in [0.1, 0.15) is 5.75 Å². The summed E-state index contributed by atoms with van der Waals surface area (Å²) >= 11 is 1.46. The predicted molar refractivity (Wildman–Crippen MR) is 103 cm³/mol. The summed E-state index contributed by atoms with van der Waals surface area (Å²) in [5.41, 5.74) is 1.84. The van der Waals surface area contributed by atoms with Crippen molar-refractivity contribution in [2.24, 2.45) is 4.99 Å². The van der Waals surface area contributed by atoms with Crippen LogP contribution in [0.15, 0.2) is 29.3 Å². The van der Waals surface area contributed by atoms with E-state index >= 15 is 0 Å². The molecule has 2 heterocycles. The van der Waals surface area contributed by atoms with E-state index in [0.717, 1.165) is 66.2 Å². The standard InChI is InChI=1S/C19H25N3O3S/c1-14-18(15(2)23)26-19(20-16-4-6-17(24-3)7-5-16)22(14)9-8-21-10-12-25-13-11-21/h4-7H,8-13H2,1-3H3. The molecule has 2 aromatic rings. The molecule has 0 radical (unpaired) electrons. The second-order valence-electron chi connectivity index (χ2n) is 6.27. The number of nitrogens with zero attached hydrogens (tertiary/aromatic N) is 3. The van der Waals surface area contributed by atoms with Crippen molar-refractivity contribution in [3.05, 3.63) is 39.6 Å². The van der Waals surface area contributed by atoms with Gasteiger partial charge in [-0.05, 0) is 31.2 Å². The number of morpholine rings is 1. The fourth-order valence-electron chi connectivity index (χ4n) is 2.99. The first-order chi connectivity index (χ1) is 12.6. The Hall–Kier alpha value is -1.96. The van der Waals surface area contributed by atoms with Crippen molar-refractivity contribution in [1.82, 2.24) is 9.47 Å². The number of ether oxygens (including phenoxy) is 2. The highest BCUT2D eigenvalue weighted by Crippen LogP contribution is 2.19. The molecule has 0 N–H and O–H groups in total. The molecule has 0 atom stereocenters. The molecular formula is C19H25N3O3S. The first-order valence-electron chi connectivity index (χ1n) is 8.78. The van der Waals surface area contributed by atoms with E-state index in [-0.39, 0.29) is 5.78 Å². The van der Waals surface area contributed by atoms with E-state index < -0.39 is 0 Å². The summed E-state index contributed by atoms with van der Waals surface area (Å²) in [7, 11) is 1.65. The number of methoxy groups -OCH3 is 1. The number of aromatic nitrogens is 1. The van der Waals surface area contributed by atoms with E-state index in [1.807, 2.05) is 31.2 Å². The zero-order chi connectivity index (χ0) is 18.5. The molecule has 3 rings (SSSR count). The molecule has 1 fully saturated rings. The molecule has 1 saturated heterocycles. The second kappa shape index (κ2) is 8.62. The Bertz CT molecular complexity index is 818. The maximum atomic E-state index is 12.0. The Labute approximate surface area is 157 Å². The largest absolute Gasteiger partial charge is 0.497 e. The van der Waals surface area contributed by atoms with E-state index in [0.29, 0.717) is 0 Å². The molecule has 140 valence electrons. The van der Waals surface area contributed by atoms with Gasteiger partial charge in [-0.1, -0.05) is 11.3 Å². The van der Waals surface area contributed by atoms with Crippen LogP contribution in [0.25, 0.3) is 0 Å². The lowest BCUT2D eigenvalue weighted by Crippen LogP contribution is -2.39. The van der Waals surface area contributed by atoms with E-state index in [1.54, 1.807) is 14.0 Å². The molecular weight excluding hydrogens is 350 g/mol. The third-order valence-corrected chi connectivity index (χ3v) is 5.80. The summed E-state index contributed by atoms with van der Waals surface area (Å²) < 4.78 is 12.8. The lowest BCUT2D eigenvalue weighted by molar-refractivity contribution is 0.0362. The van der Waals surface area contributed by atoms with E-state index in [2.05, 4.69) is 9.47 Å². The first-order valence-corrected chi connectivity index (χ1v) is 9.60. The highest BCUT2D eigenvalue weighted by atomic mass is 32.1. The summed E-state index contributed by atoms with van der Waals surface area (Å²) in [6, 6.07) is 7.63. The number of hydrogen-bond acceptors (Lipinski definition) is 6. The van der Waals surface area contributed by atoms with Gasteiger partial charge in [0.05, 0.1) is 30.9 Å². The second-order valence-corrected chi connectivity index (χ2v) is 7.25. The molecule has 1 aliphatic heterocycles. The van der Waals surface area contributed by atoms with Crippen molar-refractivity contribution in [1.29, 1.82) is 0 Å². The van der Waals surface area contributed by atoms with Crippen LogP contribution >= 0.6 is 11.3 Å². The number of carbonyl (C=O) groups is 1. The molecule has 7 heteroatoms. The highest BCUT2D eigenvalue weighted by Gasteiger charge is 2.15. The summed E-state index contributed by atoms with van der Waals surface area (Å²) in [4.78, 5) is 20.8. The predicted octanol–water partition coefficient (Wildman–Crippen LogP) is 2.63. The molecule has 0 amide bonds. The summed E-state index contributed by atoms with van der Waals surface area (Å²) in [6.07, 6.45) is 0. The van der Waals surface area contributed by atoms with Gasteiger partial charge in [-0.2, -0.15) is 0 Å². The molecule has 0 saturated carbocycles. The lowest BCUT2D eigenvalue weighted by Gasteiger charge is -2.26. The number of benzene rings is 1. The average Bonchev–Trinajstić information content (AvgIpc) is 2.97. The molecule has 1 aliphatic rings. The zero-order valence-corrected chi connectivity index (χ0v) is 16.3. The molecule has 0 spiro atoms. The Kier molecular flexibility index (Phi) is 6.24. The van der Waals surface area contributed by atoms with Crippen molar-refractivity contribution in [2.75, 3.05) is 40.0 Å². The molecule has 0 bridgehead atoms. The van der Waals surface area contributed by atoms with E-state index in [9.17, 15) is 4.79 Å². The number of ketones is 1. The summed E-state index contributed by atoms with van der Waals surface area (Å²) in [6.45, 7) is 8.83. The minimum atomic E-state index is 0.0869. The third kappa shape index (κ3) is 4.41. The van der Waals surface area contributed by atoms with Crippen LogP contribution in [0.5, 0.6) is 5.75 Å². The highest BCUT2D eigenvalue weighted by molar-refractivity contribution is 7.11. The van der Waals surface area contributed by atoms with Crippen LogP contribution in [0, 0.1) is 6.92 Å². The van der Waals surface area contributed by atoms with E-state index in [1.165, 1.54) is 11.3 Å². The van der Waals surface area contributed by atoms with Gasteiger partial charge in [-0.3, -0.25) is 9.69 Å². The van der Waals surface area contributed by atoms with Gasteiger partial charge in [0.2, 0.25) is 0 Å². The Morgan fingerprint density at radius 2 is 1.92 bits per heavy atom. The van der Waals surface area contributed by atoms with Gasteiger partial charge in [0.25, 0.3) is 0 Å². The summed E-state index contributed by atoms with van der Waals surface area (Å²) in [5.74, 6) is 0.889. The quantitative estimate of drug-likeness (QED) is 0.729. The van der Waals surface area contributed by atoms with Gasteiger partial charge in [-0.15, -0.1) is 0 Å². The fourth-order valence-corrected chi connectivity index (χ4v) is 4.07. The van der Waals surface area contributed by atoms with Crippen molar-refractivity contribution in [2.45, 2.75) is 20.4 Å². The third-order valence-electron chi connectivity index (χ3n) is 4.52. The van der Waals surface area contributed by atoms with Crippen molar-refractivity contribution in [3.8, 4) is 5.75 Å². The van der Waals surface area contributed by atoms with Crippen LogP contribution in [0.1, 0.15) is 22.3 Å². The number of Topliss-reactive ketones (excluding diaryl/α,β-unsaturated/α-hetero) is 1. The molecule has 26 heavy (non-hydrogen) atoms. The molecule has 0 aliphatic carbocycles. The molecule has 6 nitrogen and oxygen atoms in total. The monoisotopic (exact) mass is 375 g/mol. The van der Waals surface area contributed by atoms with Crippen LogP contribution in [0.2, 0.25) is 0 Å². The Morgan fingerprint density at radius 1 is 1.23 bits per heavy atom. The first kappa shape index (κ1) is 18.8. The average molecular weight is 375 g/mol. The molecule has 1 aromatic carbocycles. The van der Waals surface area contributed by atoms with Crippen LogP contribution in [0.3, 0.4) is 0 Å². The van der Waals surface area contributed by atoms with E-state index in [4.69, 9.17) is 14.5 Å². The van der Waals surface area contributed by atoms with Crippen molar-refractivity contribution >= 4 is 22.8 Å². The van der Waals surface area contributed by atoms with Crippen LogP contribution in [-0.4, -0.2) is 55.2 Å². The van der Waals surface area contributed by atoms with Crippen LogP contribution < -0.4 is 9.54 Å². The van der Waals surface area contributed by atoms with Crippen molar-refractivity contribution in [3.63, 3.8) is 0 Å². The van der Waals surface area contributed by atoms with Gasteiger partial charge >= 0.3 is 0 Å². The number of thiazole rings is 1. The van der Waals surface area contributed by atoms with Gasteiger partial charge in [-0.25, -0.2) is 4.99 Å². The van der Waals surface area contributed by atoms with Crippen LogP contribution in [0.4, 0.5) is 5.69 Å². The smallest absolute Gasteiger partial charge is 0.190 e. The zero-order valence-electron chi connectivity index (χ0n) is 15.5. The Balaban J connectivity index is 1.90.